The van der Waals surface area contributed by atoms with Crippen molar-refractivity contribution in [1.82, 2.24) is 15.5 Å². The van der Waals surface area contributed by atoms with Gasteiger partial charge in [-0.2, -0.15) is 5.10 Å². The van der Waals surface area contributed by atoms with E-state index in [1.54, 1.807) is 18.3 Å². The zero-order valence-electron chi connectivity index (χ0n) is 11.3. The molecule has 1 amide bonds. The van der Waals surface area contributed by atoms with E-state index in [0.29, 0.717) is 5.56 Å². The second-order valence-electron chi connectivity index (χ2n) is 4.79. The molecule has 0 fully saturated rings. The fourth-order valence-corrected chi connectivity index (χ4v) is 2.25. The van der Waals surface area contributed by atoms with E-state index >= 15 is 0 Å². The Balaban J connectivity index is 1.81. The third kappa shape index (κ3) is 2.78. The van der Waals surface area contributed by atoms with E-state index in [-0.39, 0.29) is 12.5 Å². The van der Waals surface area contributed by atoms with Crippen molar-refractivity contribution in [3.63, 3.8) is 0 Å². The molecule has 0 spiro atoms. The summed E-state index contributed by atoms with van der Waals surface area (Å²) in [6.45, 7) is -0.149. The quantitative estimate of drug-likeness (QED) is 0.684. The van der Waals surface area contributed by atoms with Crippen molar-refractivity contribution in [2.24, 2.45) is 0 Å². The van der Waals surface area contributed by atoms with Crippen LogP contribution in [0.25, 0.3) is 10.9 Å². The fourth-order valence-electron chi connectivity index (χ4n) is 2.25. The number of hydrogen-bond donors (Lipinski definition) is 3. The van der Waals surface area contributed by atoms with Gasteiger partial charge in [-0.25, -0.2) is 0 Å². The Kier molecular flexibility index (Phi) is 3.66. The molecular formula is C16H15N3O2. The lowest BCUT2D eigenvalue weighted by Crippen LogP contribution is -2.30. The second kappa shape index (κ2) is 5.76. The zero-order valence-corrected chi connectivity index (χ0v) is 11.3. The molecule has 106 valence electrons. The van der Waals surface area contributed by atoms with E-state index in [9.17, 15) is 9.90 Å². The lowest BCUT2D eigenvalue weighted by molar-refractivity contribution is 0.0916. The summed E-state index contributed by atoms with van der Waals surface area (Å²) in [4.78, 5) is 12.3. The summed E-state index contributed by atoms with van der Waals surface area (Å²) < 4.78 is 0. The maximum atomic E-state index is 12.3. The SMILES string of the molecule is O=C(NC(CO)c1ccccc1)c1ccc2[nH]ncc2c1. The predicted octanol–water partition coefficient (Wildman–Crippen LogP) is 2.03. The Morgan fingerprint density at radius 1 is 1.24 bits per heavy atom. The van der Waals surface area contributed by atoms with Crippen molar-refractivity contribution in [2.45, 2.75) is 6.04 Å². The molecule has 1 atom stereocenters. The van der Waals surface area contributed by atoms with Gasteiger partial charge in [-0.05, 0) is 23.8 Å². The molecule has 3 rings (SSSR count). The molecule has 3 aromatic rings. The van der Waals surface area contributed by atoms with Crippen LogP contribution in [0.4, 0.5) is 0 Å². The first-order chi connectivity index (χ1) is 10.3. The molecule has 0 bridgehead atoms. The molecule has 0 aliphatic heterocycles. The van der Waals surface area contributed by atoms with Crippen LogP contribution in [0.15, 0.2) is 54.7 Å². The van der Waals surface area contributed by atoms with Crippen molar-refractivity contribution in [2.75, 3.05) is 6.61 Å². The largest absolute Gasteiger partial charge is 0.394 e. The average molecular weight is 281 g/mol. The highest BCUT2D eigenvalue weighted by molar-refractivity contribution is 5.98. The number of benzene rings is 2. The predicted molar refractivity (Wildman–Crippen MR) is 79.8 cm³/mol. The summed E-state index contributed by atoms with van der Waals surface area (Å²) in [6, 6.07) is 14.3. The summed E-state index contributed by atoms with van der Waals surface area (Å²) in [5.41, 5.74) is 2.30. The monoisotopic (exact) mass is 281 g/mol. The number of hydrogen-bond acceptors (Lipinski definition) is 3. The number of H-pyrrole nitrogens is 1. The minimum absolute atomic E-state index is 0.149. The molecule has 21 heavy (non-hydrogen) atoms. The number of fused-ring (bicyclic) bond motifs is 1. The maximum Gasteiger partial charge on any atom is 0.251 e. The Labute approximate surface area is 121 Å². The summed E-state index contributed by atoms with van der Waals surface area (Å²) in [5.74, 6) is -0.221. The number of aliphatic hydroxyl groups is 1. The average Bonchev–Trinajstić information content (AvgIpc) is 3.00. The first-order valence-corrected chi connectivity index (χ1v) is 6.68. The van der Waals surface area contributed by atoms with Gasteiger partial charge in [-0.15, -0.1) is 0 Å². The van der Waals surface area contributed by atoms with Crippen molar-refractivity contribution in [3.05, 3.63) is 65.9 Å². The first kappa shape index (κ1) is 13.3. The van der Waals surface area contributed by atoms with Crippen LogP contribution in [0.5, 0.6) is 0 Å². The van der Waals surface area contributed by atoms with Crippen LogP contribution in [0, 0.1) is 0 Å². The highest BCUT2D eigenvalue weighted by Gasteiger charge is 2.15. The van der Waals surface area contributed by atoms with Crippen molar-refractivity contribution < 1.29 is 9.90 Å². The van der Waals surface area contributed by atoms with Gasteiger partial charge in [0.1, 0.15) is 0 Å². The number of aromatic amines is 1. The number of nitrogens with zero attached hydrogens (tertiary/aromatic N) is 1. The highest BCUT2D eigenvalue weighted by atomic mass is 16.3. The molecule has 2 aromatic carbocycles. The van der Waals surface area contributed by atoms with Crippen LogP contribution >= 0.6 is 0 Å². The molecule has 1 heterocycles. The Hall–Kier alpha value is -2.66. The number of nitrogens with one attached hydrogen (secondary N) is 2. The van der Waals surface area contributed by atoms with Crippen molar-refractivity contribution in [1.29, 1.82) is 0 Å². The number of carbonyl (C=O) groups is 1. The van der Waals surface area contributed by atoms with Crippen LogP contribution in [0.3, 0.4) is 0 Å². The van der Waals surface area contributed by atoms with Gasteiger partial charge >= 0.3 is 0 Å². The standard InChI is InChI=1S/C16H15N3O2/c20-10-15(11-4-2-1-3-5-11)18-16(21)12-6-7-14-13(8-12)9-17-19-14/h1-9,15,20H,10H2,(H,17,19)(H,18,21). The minimum atomic E-state index is -0.418. The van der Waals surface area contributed by atoms with Crippen LogP contribution < -0.4 is 5.32 Å². The number of aliphatic hydroxyl groups excluding tert-OH is 1. The highest BCUT2D eigenvalue weighted by Crippen LogP contribution is 2.16. The normalized spacial score (nSPS) is 12.2. The summed E-state index contributed by atoms with van der Waals surface area (Å²) in [7, 11) is 0. The van der Waals surface area contributed by atoms with Gasteiger partial charge in [0.05, 0.1) is 24.4 Å². The maximum absolute atomic E-state index is 12.3. The molecule has 5 nitrogen and oxygen atoms in total. The van der Waals surface area contributed by atoms with E-state index in [4.69, 9.17) is 0 Å². The molecule has 3 N–H and O–H groups in total. The van der Waals surface area contributed by atoms with Crippen LogP contribution in [0.2, 0.25) is 0 Å². The Morgan fingerprint density at radius 2 is 2.05 bits per heavy atom. The van der Waals surface area contributed by atoms with Gasteiger partial charge in [-0.3, -0.25) is 9.89 Å². The van der Waals surface area contributed by atoms with Crippen molar-refractivity contribution >= 4 is 16.8 Å². The molecular weight excluding hydrogens is 266 g/mol. The van der Waals surface area contributed by atoms with E-state index in [1.165, 1.54) is 0 Å². The van der Waals surface area contributed by atoms with Gasteiger partial charge < -0.3 is 10.4 Å². The lowest BCUT2D eigenvalue weighted by atomic mass is 10.1. The second-order valence-corrected chi connectivity index (χ2v) is 4.79. The molecule has 5 heteroatoms. The van der Waals surface area contributed by atoms with Gasteiger partial charge in [-0.1, -0.05) is 30.3 Å². The molecule has 0 aliphatic rings. The van der Waals surface area contributed by atoms with Gasteiger partial charge in [0.2, 0.25) is 0 Å². The third-order valence-electron chi connectivity index (χ3n) is 3.39. The zero-order chi connectivity index (χ0) is 14.7. The topological polar surface area (TPSA) is 78.0 Å². The van der Waals surface area contributed by atoms with Crippen LogP contribution in [-0.2, 0) is 0 Å². The van der Waals surface area contributed by atoms with Gasteiger partial charge in [0.15, 0.2) is 0 Å². The molecule has 0 saturated heterocycles. The lowest BCUT2D eigenvalue weighted by Gasteiger charge is -2.16. The van der Waals surface area contributed by atoms with Crippen LogP contribution in [-0.4, -0.2) is 27.8 Å². The van der Waals surface area contributed by atoms with E-state index in [2.05, 4.69) is 15.5 Å². The molecule has 0 saturated carbocycles. The third-order valence-corrected chi connectivity index (χ3v) is 3.39. The summed E-state index contributed by atoms with van der Waals surface area (Å²) in [6.07, 6.45) is 1.67. The minimum Gasteiger partial charge on any atom is -0.394 e. The Morgan fingerprint density at radius 3 is 2.81 bits per heavy atom. The molecule has 1 unspecified atom stereocenters. The number of aromatic nitrogens is 2. The molecule has 0 radical (unpaired) electrons. The molecule has 1 aromatic heterocycles. The summed E-state index contributed by atoms with van der Waals surface area (Å²) in [5, 5.41) is 20.0. The number of carbonyl (C=O) groups excluding carboxylic acids is 1. The molecule has 0 aliphatic carbocycles. The van der Waals surface area contributed by atoms with Gasteiger partial charge in [0, 0.05) is 10.9 Å². The number of amides is 1. The Bertz CT molecular complexity index is 752. The van der Waals surface area contributed by atoms with Gasteiger partial charge in [0.25, 0.3) is 5.91 Å². The smallest absolute Gasteiger partial charge is 0.251 e. The van der Waals surface area contributed by atoms with Crippen molar-refractivity contribution in [3.8, 4) is 0 Å². The van der Waals surface area contributed by atoms with Crippen LogP contribution in [0.1, 0.15) is 22.0 Å². The number of rotatable bonds is 4. The van der Waals surface area contributed by atoms with E-state index in [0.717, 1.165) is 16.5 Å². The summed E-state index contributed by atoms with van der Waals surface area (Å²) >= 11 is 0. The van der Waals surface area contributed by atoms with E-state index in [1.807, 2.05) is 36.4 Å². The fraction of sp³-hybridized carbons (Fsp3) is 0.125. The van der Waals surface area contributed by atoms with E-state index < -0.39 is 6.04 Å². The first-order valence-electron chi connectivity index (χ1n) is 6.68.